The van der Waals surface area contributed by atoms with E-state index in [1.165, 1.54) is 0 Å². The zero-order valence-corrected chi connectivity index (χ0v) is 8.53. The molecular formula is C4H8I2O2. The molecule has 50 valence electrons. The Hall–Kier alpha value is 1.38. The van der Waals surface area contributed by atoms with Crippen LogP contribution in [0, 0.1) is 0 Å². The fraction of sp³-hybridized carbons (Fsp3) is 1.00. The van der Waals surface area contributed by atoms with Crippen molar-refractivity contribution in [2.24, 2.45) is 0 Å². The highest BCUT2D eigenvalue weighted by atomic mass is 127. The van der Waals surface area contributed by atoms with Gasteiger partial charge in [0.15, 0.2) is 0 Å². The maximum absolute atomic E-state index is 8.86. The molecule has 0 aliphatic rings. The molecule has 0 amide bonds. The smallest absolute Gasteiger partial charge is 0.0895 e. The normalized spacial score (nSPS) is 18.0. The summed E-state index contributed by atoms with van der Waals surface area (Å²) in [4.78, 5) is 0. The number of hydrogen-bond donors (Lipinski definition) is 2. The van der Waals surface area contributed by atoms with Crippen molar-refractivity contribution in [3.63, 3.8) is 0 Å². The molecule has 2 N–H and O–H groups in total. The van der Waals surface area contributed by atoms with Crippen LogP contribution in [0.25, 0.3) is 0 Å². The van der Waals surface area contributed by atoms with Crippen molar-refractivity contribution in [3.05, 3.63) is 0 Å². The molecule has 0 aliphatic heterocycles. The number of aliphatic hydroxyl groups excluding tert-OH is 2. The van der Waals surface area contributed by atoms with E-state index in [0.29, 0.717) is 8.86 Å². The number of alkyl halides is 2. The predicted molar refractivity (Wildman–Crippen MR) is 49.8 cm³/mol. The summed E-state index contributed by atoms with van der Waals surface area (Å²) in [5.74, 6) is 0. The zero-order chi connectivity index (χ0) is 6.57. The molecule has 0 rings (SSSR count). The highest BCUT2D eigenvalue weighted by Crippen LogP contribution is 2.00. The van der Waals surface area contributed by atoms with Gasteiger partial charge in [0.1, 0.15) is 0 Å². The van der Waals surface area contributed by atoms with Crippen LogP contribution in [-0.2, 0) is 0 Å². The molecule has 0 saturated heterocycles. The maximum Gasteiger partial charge on any atom is 0.0895 e. The van der Waals surface area contributed by atoms with Crippen molar-refractivity contribution in [2.75, 3.05) is 8.86 Å². The standard InChI is InChI=1S/C4H8I2O2/c5-1-3(7)4(8)2-6/h3-4,7-8H,1-2H2/t3-,4-/m1/s1. The van der Waals surface area contributed by atoms with E-state index in [0.717, 1.165) is 0 Å². The van der Waals surface area contributed by atoms with Crippen molar-refractivity contribution in [2.45, 2.75) is 12.2 Å². The molecule has 0 aromatic rings. The summed E-state index contributed by atoms with van der Waals surface area (Å²) >= 11 is 4.08. The summed E-state index contributed by atoms with van der Waals surface area (Å²) in [6.45, 7) is 0. The van der Waals surface area contributed by atoms with Crippen LogP contribution < -0.4 is 0 Å². The molecule has 0 heterocycles. The minimum absolute atomic E-state index is 0.549. The van der Waals surface area contributed by atoms with Crippen molar-refractivity contribution in [1.29, 1.82) is 0 Å². The summed E-state index contributed by atoms with van der Waals surface area (Å²) in [5, 5.41) is 17.7. The van der Waals surface area contributed by atoms with Crippen LogP contribution in [0.4, 0.5) is 0 Å². The Morgan fingerprint density at radius 3 is 1.38 bits per heavy atom. The van der Waals surface area contributed by atoms with E-state index >= 15 is 0 Å². The van der Waals surface area contributed by atoms with Crippen LogP contribution in [0.3, 0.4) is 0 Å². The van der Waals surface area contributed by atoms with E-state index in [1.54, 1.807) is 0 Å². The largest absolute Gasteiger partial charge is 0.390 e. The molecule has 0 radical (unpaired) electrons. The van der Waals surface area contributed by atoms with E-state index in [1.807, 2.05) is 45.2 Å². The Balaban J connectivity index is 3.29. The van der Waals surface area contributed by atoms with E-state index in [4.69, 9.17) is 10.2 Å². The van der Waals surface area contributed by atoms with Gasteiger partial charge in [-0.1, -0.05) is 45.2 Å². The lowest BCUT2D eigenvalue weighted by Crippen LogP contribution is -2.28. The third-order valence-corrected chi connectivity index (χ3v) is 2.57. The van der Waals surface area contributed by atoms with Gasteiger partial charge in [-0.2, -0.15) is 0 Å². The van der Waals surface area contributed by atoms with Crippen molar-refractivity contribution in [3.8, 4) is 0 Å². The van der Waals surface area contributed by atoms with Gasteiger partial charge in [0.25, 0.3) is 0 Å². The first-order valence-electron chi connectivity index (χ1n) is 2.20. The number of aliphatic hydroxyl groups is 2. The highest BCUT2D eigenvalue weighted by Gasteiger charge is 2.11. The summed E-state index contributed by atoms with van der Waals surface area (Å²) in [6.07, 6.45) is -1.10. The van der Waals surface area contributed by atoms with E-state index in [-0.39, 0.29) is 0 Å². The summed E-state index contributed by atoms with van der Waals surface area (Å²) in [5.41, 5.74) is 0. The van der Waals surface area contributed by atoms with Gasteiger partial charge in [-0.15, -0.1) is 0 Å². The van der Waals surface area contributed by atoms with Gasteiger partial charge < -0.3 is 10.2 Å². The third kappa shape index (κ3) is 3.41. The zero-order valence-electron chi connectivity index (χ0n) is 4.22. The van der Waals surface area contributed by atoms with Crippen LogP contribution in [0.5, 0.6) is 0 Å². The first-order chi connectivity index (χ1) is 3.72. The Labute approximate surface area is 75.9 Å². The van der Waals surface area contributed by atoms with Crippen LogP contribution in [0.1, 0.15) is 0 Å². The van der Waals surface area contributed by atoms with Gasteiger partial charge in [-0.3, -0.25) is 0 Å². The highest BCUT2D eigenvalue weighted by molar-refractivity contribution is 14.1. The van der Waals surface area contributed by atoms with Crippen molar-refractivity contribution >= 4 is 45.2 Å². The predicted octanol–water partition coefficient (Wildman–Crippen LogP) is 0.578. The van der Waals surface area contributed by atoms with Crippen molar-refractivity contribution < 1.29 is 10.2 Å². The average Bonchev–Trinajstić information content (AvgIpc) is 1.84. The lowest BCUT2D eigenvalue weighted by molar-refractivity contribution is 0.0536. The molecule has 4 heteroatoms. The van der Waals surface area contributed by atoms with Crippen LogP contribution in [-0.4, -0.2) is 31.3 Å². The van der Waals surface area contributed by atoms with Crippen LogP contribution in [0.15, 0.2) is 0 Å². The second-order valence-electron chi connectivity index (χ2n) is 1.44. The minimum Gasteiger partial charge on any atom is -0.390 e. The molecule has 2 atom stereocenters. The number of rotatable bonds is 3. The Morgan fingerprint density at radius 2 is 1.25 bits per heavy atom. The quantitative estimate of drug-likeness (QED) is 0.582. The SMILES string of the molecule is O[C@H](CI)[C@H](O)CI. The molecule has 2 nitrogen and oxygen atoms in total. The van der Waals surface area contributed by atoms with Gasteiger partial charge >= 0.3 is 0 Å². The van der Waals surface area contributed by atoms with Gasteiger partial charge in [0, 0.05) is 8.86 Å². The monoisotopic (exact) mass is 342 g/mol. The first kappa shape index (κ1) is 9.38. The summed E-state index contributed by atoms with van der Waals surface area (Å²) in [7, 11) is 0. The van der Waals surface area contributed by atoms with Gasteiger partial charge in [-0.05, 0) is 0 Å². The molecule has 0 spiro atoms. The minimum atomic E-state index is -0.549. The van der Waals surface area contributed by atoms with Crippen molar-refractivity contribution in [1.82, 2.24) is 0 Å². The van der Waals surface area contributed by atoms with E-state index in [9.17, 15) is 0 Å². The fourth-order valence-electron chi connectivity index (χ4n) is 0.206. The third-order valence-electron chi connectivity index (χ3n) is 0.760. The lowest BCUT2D eigenvalue weighted by atomic mass is 10.3. The number of hydrogen-bond acceptors (Lipinski definition) is 2. The molecule has 0 aromatic heterocycles. The lowest BCUT2D eigenvalue weighted by Gasteiger charge is -2.10. The molecule has 0 saturated carbocycles. The van der Waals surface area contributed by atoms with E-state index < -0.39 is 12.2 Å². The molecule has 0 aliphatic carbocycles. The molecule has 0 aromatic carbocycles. The molecular weight excluding hydrogens is 334 g/mol. The average molecular weight is 342 g/mol. The molecule has 0 bridgehead atoms. The molecule has 0 fully saturated rings. The second-order valence-corrected chi connectivity index (χ2v) is 3.20. The van der Waals surface area contributed by atoms with Gasteiger partial charge in [0.2, 0.25) is 0 Å². The summed E-state index contributed by atoms with van der Waals surface area (Å²) in [6, 6.07) is 0. The summed E-state index contributed by atoms with van der Waals surface area (Å²) < 4.78 is 1.20. The van der Waals surface area contributed by atoms with Gasteiger partial charge in [-0.25, -0.2) is 0 Å². The Bertz CT molecular complexity index is 52.0. The fourth-order valence-corrected chi connectivity index (χ4v) is 1.38. The topological polar surface area (TPSA) is 40.5 Å². The van der Waals surface area contributed by atoms with Crippen LogP contribution in [0.2, 0.25) is 0 Å². The second kappa shape index (κ2) is 5.19. The van der Waals surface area contributed by atoms with Crippen LogP contribution >= 0.6 is 45.2 Å². The van der Waals surface area contributed by atoms with E-state index in [2.05, 4.69) is 0 Å². The number of halogens is 2. The Morgan fingerprint density at radius 1 is 1.00 bits per heavy atom. The van der Waals surface area contributed by atoms with Gasteiger partial charge in [0.05, 0.1) is 12.2 Å². The first-order valence-corrected chi connectivity index (χ1v) is 5.25. The maximum atomic E-state index is 8.86. The molecule has 8 heavy (non-hydrogen) atoms. The Kier molecular flexibility index (Phi) is 6.08. The molecule has 0 unspecified atom stereocenters.